The Balaban J connectivity index is 1.75. The number of nitrogens with zero attached hydrogens (tertiary/aromatic N) is 1. The normalized spacial score (nSPS) is 20.5. The Kier molecular flexibility index (Phi) is 5.17. The first-order valence-corrected chi connectivity index (χ1v) is 8.90. The van der Waals surface area contributed by atoms with Crippen molar-refractivity contribution in [3.05, 3.63) is 58.0 Å². The molecule has 0 spiro atoms. The van der Waals surface area contributed by atoms with Crippen LogP contribution in [0.25, 0.3) is 0 Å². The lowest BCUT2D eigenvalue weighted by Crippen LogP contribution is -2.43. The van der Waals surface area contributed by atoms with E-state index >= 15 is 0 Å². The molecular weight excluding hydrogens is 393 g/mol. The van der Waals surface area contributed by atoms with E-state index < -0.39 is 36.0 Å². The lowest BCUT2D eigenvalue weighted by Gasteiger charge is -2.23. The van der Waals surface area contributed by atoms with Crippen molar-refractivity contribution in [2.75, 3.05) is 6.54 Å². The number of amides is 4. The Hall–Kier alpha value is -2.51. The first-order chi connectivity index (χ1) is 12.7. The van der Waals surface area contributed by atoms with Gasteiger partial charge in [-0.25, -0.2) is 4.79 Å². The first kappa shape index (κ1) is 19.3. The van der Waals surface area contributed by atoms with Crippen LogP contribution in [0.4, 0.5) is 4.79 Å². The molecule has 4 amide bonds. The molecule has 1 aromatic carbocycles. The summed E-state index contributed by atoms with van der Waals surface area (Å²) in [6.45, 7) is 2.85. The highest BCUT2D eigenvalue weighted by molar-refractivity contribution is 6.35. The average molecular weight is 410 g/mol. The van der Waals surface area contributed by atoms with Gasteiger partial charge in [0.1, 0.15) is 17.8 Å². The van der Waals surface area contributed by atoms with Crippen molar-refractivity contribution in [2.45, 2.75) is 25.4 Å². The number of hydrogen-bond donors (Lipinski definition) is 2. The summed E-state index contributed by atoms with van der Waals surface area (Å²) >= 11 is 12.1. The summed E-state index contributed by atoms with van der Waals surface area (Å²) in [6, 6.07) is 7.00. The molecule has 2 heterocycles. The molecule has 0 aliphatic carbocycles. The first-order valence-electron chi connectivity index (χ1n) is 8.15. The summed E-state index contributed by atoms with van der Waals surface area (Å²) in [5.41, 5.74) is -0.982. The van der Waals surface area contributed by atoms with Gasteiger partial charge in [0.2, 0.25) is 5.91 Å². The molecule has 0 radical (unpaired) electrons. The zero-order chi connectivity index (χ0) is 19.8. The predicted molar refractivity (Wildman–Crippen MR) is 99.3 cm³/mol. The molecule has 0 saturated carbocycles. The van der Waals surface area contributed by atoms with Gasteiger partial charge in [-0.15, -0.1) is 0 Å². The van der Waals surface area contributed by atoms with E-state index in [2.05, 4.69) is 10.6 Å². The van der Waals surface area contributed by atoms with Crippen molar-refractivity contribution in [2.24, 2.45) is 0 Å². The van der Waals surface area contributed by atoms with Gasteiger partial charge in [0.25, 0.3) is 5.91 Å². The average Bonchev–Trinajstić information content (AvgIpc) is 3.19. The van der Waals surface area contributed by atoms with E-state index in [1.807, 2.05) is 0 Å². The SMILES string of the molecule is C[C@@H](NC(=O)CN1C(=O)N[C@@](C)(c2ccc(Cl)cc2Cl)C1=O)c1ccco1. The summed E-state index contributed by atoms with van der Waals surface area (Å²) in [6.07, 6.45) is 1.50. The molecule has 1 aliphatic heterocycles. The smallest absolute Gasteiger partial charge is 0.325 e. The summed E-state index contributed by atoms with van der Waals surface area (Å²) in [5.74, 6) is -0.496. The van der Waals surface area contributed by atoms with Gasteiger partial charge >= 0.3 is 6.03 Å². The van der Waals surface area contributed by atoms with E-state index in [4.69, 9.17) is 27.6 Å². The van der Waals surface area contributed by atoms with Crippen LogP contribution in [0.5, 0.6) is 0 Å². The van der Waals surface area contributed by atoms with Gasteiger partial charge in [-0.2, -0.15) is 0 Å². The summed E-state index contributed by atoms with van der Waals surface area (Å²) < 4.78 is 5.22. The fourth-order valence-electron chi connectivity index (χ4n) is 2.96. The van der Waals surface area contributed by atoms with Crippen LogP contribution in [-0.4, -0.2) is 29.3 Å². The summed E-state index contributed by atoms with van der Waals surface area (Å²) in [7, 11) is 0. The number of carbonyl (C=O) groups excluding carboxylic acids is 3. The molecule has 3 rings (SSSR count). The van der Waals surface area contributed by atoms with Crippen LogP contribution in [0, 0.1) is 0 Å². The maximum Gasteiger partial charge on any atom is 0.325 e. The highest BCUT2D eigenvalue weighted by Gasteiger charge is 2.50. The standard InChI is InChI=1S/C18H17Cl2N3O4/c1-10(14-4-3-7-27-14)21-15(24)9-23-16(25)18(2,22-17(23)26)12-6-5-11(19)8-13(12)20/h3-8,10H,9H2,1-2H3,(H,21,24)(H,22,26)/t10-,18+/m1/s1. The molecular formula is C18H17Cl2N3O4. The van der Waals surface area contributed by atoms with Crippen molar-refractivity contribution in [3.8, 4) is 0 Å². The third kappa shape index (κ3) is 3.65. The predicted octanol–water partition coefficient (Wildman–Crippen LogP) is 3.23. The minimum absolute atomic E-state index is 0.247. The van der Waals surface area contributed by atoms with Gasteiger partial charge in [-0.1, -0.05) is 29.3 Å². The van der Waals surface area contributed by atoms with Crippen molar-refractivity contribution >= 4 is 41.0 Å². The molecule has 0 bridgehead atoms. The van der Waals surface area contributed by atoms with E-state index in [-0.39, 0.29) is 5.02 Å². The number of benzene rings is 1. The Morgan fingerprint density at radius 3 is 2.70 bits per heavy atom. The zero-order valence-corrected chi connectivity index (χ0v) is 16.1. The molecule has 9 heteroatoms. The molecule has 1 fully saturated rings. The van der Waals surface area contributed by atoms with Crippen LogP contribution < -0.4 is 10.6 Å². The molecule has 0 unspecified atom stereocenters. The lowest BCUT2D eigenvalue weighted by molar-refractivity contribution is -0.135. The Morgan fingerprint density at radius 1 is 1.33 bits per heavy atom. The van der Waals surface area contributed by atoms with Gasteiger partial charge in [0.05, 0.1) is 12.3 Å². The van der Waals surface area contributed by atoms with E-state index in [1.54, 1.807) is 31.2 Å². The van der Waals surface area contributed by atoms with Gasteiger partial charge < -0.3 is 15.1 Å². The second kappa shape index (κ2) is 7.25. The van der Waals surface area contributed by atoms with Gasteiger partial charge in [0.15, 0.2) is 0 Å². The van der Waals surface area contributed by atoms with E-state index in [1.165, 1.54) is 19.3 Å². The number of furan rings is 1. The number of urea groups is 1. The highest BCUT2D eigenvalue weighted by Crippen LogP contribution is 2.34. The molecule has 27 heavy (non-hydrogen) atoms. The maximum absolute atomic E-state index is 12.9. The molecule has 1 aliphatic rings. The minimum Gasteiger partial charge on any atom is -0.467 e. The van der Waals surface area contributed by atoms with Crippen LogP contribution >= 0.6 is 23.2 Å². The maximum atomic E-state index is 12.9. The second-order valence-corrected chi connectivity index (χ2v) is 7.22. The monoisotopic (exact) mass is 409 g/mol. The van der Waals surface area contributed by atoms with Crippen LogP contribution in [-0.2, 0) is 15.1 Å². The van der Waals surface area contributed by atoms with Crippen molar-refractivity contribution < 1.29 is 18.8 Å². The molecule has 1 saturated heterocycles. The van der Waals surface area contributed by atoms with E-state index in [0.717, 1.165) is 4.90 Å². The molecule has 7 nitrogen and oxygen atoms in total. The fourth-order valence-corrected chi connectivity index (χ4v) is 3.56. The largest absolute Gasteiger partial charge is 0.467 e. The van der Waals surface area contributed by atoms with Crippen LogP contribution in [0.1, 0.15) is 31.2 Å². The Labute approximate surface area is 165 Å². The third-order valence-electron chi connectivity index (χ3n) is 4.39. The highest BCUT2D eigenvalue weighted by atomic mass is 35.5. The van der Waals surface area contributed by atoms with Gasteiger partial charge in [0, 0.05) is 15.6 Å². The molecule has 142 valence electrons. The molecule has 1 aromatic heterocycles. The molecule has 2 N–H and O–H groups in total. The fraction of sp³-hybridized carbons (Fsp3) is 0.278. The number of carbonyl (C=O) groups is 3. The van der Waals surface area contributed by atoms with E-state index in [9.17, 15) is 14.4 Å². The van der Waals surface area contributed by atoms with Gasteiger partial charge in [-0.05, 0) is 38.1 Å². The number of halogens is 2. The second-order valence-electron chi connectivity index (χ2n) is 6.38. The minimum atomic E-state index is -1.38. The Bertz CT molecular complexity index is 900. The van der Waals surface area contributed by atoms with Crippen LogP contribution in [0.2, 0.25) is 10.0 Å². The number of rotatable bonds is 5. The van der Waals surface area contributed by atoms with Crippen LogP contribution in [0.15, 0.2) is 41.0 Å². The quantitative estimate of drug-likeness (QED) is 0.741. The summed E-state index contributed by atoms with van der Waals surface area (Å²) in [4.78, 5) is 38.3. The topological polar surface area (TPSA) is 91.7 Å². The lowest BCUT2D eigenvalue weighted by atomic mass is 9.92. The van der Waals surface area contributed by atoms with E-state index in [0.29, 0.717) is 16.3 Å². The van der Waals surface area contributed by atoms with Crippen LogP contribution in [0.3, 0.4) is 0 Å². The van der Waals surface area contributed by atoms with Crippen molar-refractivity contribution in [1.82, 2.24) is 15.5 Å². The summed E-state index contributed by atoms with van der Waals surface area (Å²) in [5, 5.41) is 5.95. The number of hydrogen-bond acceptors (Lipinski definition) is 4. The number of imide groups is 1. The molecule has 2 aromatic rings. The molecule has 2 atom stereocenters. The third-order valence-corrected chi connectivity index (χ3v) is 4.94. The Morgan fingerprint density at radius 2 is 2.07 bits per heavy atom. The zero-order valence-electron chi connectivity index (χ0n) is 14.6. The van der Waals surface area contributed by atoms with Crippen molar-refractivity contribution in [1.29, 1.82) is 0 Å². The van der Waals surface area contributed by atoms with Crippen molar-refractivity contribution in [3.63, 3.8) is 0 Å². The number of nitrogens with one attached hydrogen (secondary N) is 2. The van der Waals surface area contributed by atoms with Gasteiger partial charge in [-0.3, -0.25) is 14.5 Å².